The van der Waals surface area contributed by atoms with Crippen LogP contribution in [0.25, 0.3) is 5.65 Å². The maximum absolute atomic E-state index is 2.31. The minimum Gasteiger partial charge on any atom is -1.00 e. The Morgan fingerprint density at radius 3 is 2.62 bits per heavy atom. The first-order valence-corrected chi connectivity index (χ1v) is 5.20. The predicted molar refractivity (Wildman–Crippen MR) is 60.7 cm³/mol. The number of nitrogens with zero attached hydrogens (tertiary/aromatic N) is 3. The lowest BCUT2D eigenvalue weighted by Gasteiger charge is -2.05. The summed E-state index contributed by atoms with van der Waals surface area (Å²) in [5, 5.41) is 0. The molecule has 88 valence electrons. The third-order valence-corrected chi connectivity index (χ3v) is 2.63. The van der Waals surface area contributed by atoms with Crippen molar-refractivity contribution >= 4 is 5.65 Å². The van der Waals surface area contributed by atoms with E-state index in [4.69, 9.17) is 0 Å². The van der Waals surface area contributed by atoms with E-state index >= 15 is 0 Å². The molecule has 4 heteroatoms. The second-order valence-corrected chi connectivity index (χ2v) is 4.33. The Morgan fingerprint density at radius 1 is 1.31 bits per heavy atom. The third kappa shape index (κ3) is 2.38. The summed E-state index contributed by atoms with van der Waals surface area (Å²) in [6.07, 6.45) is 2.20. The standard InChI is InChI=1S/C12H18N3.HI/c1-10-6-5-7-12-14(4)9-11(15(10)12)8-13(2)3;/h5-7,9H,8H2,1-4H3;1H/q+1;/p-1. The topological polar surface area (TPSA) is 11.5 Å². The van der Waals surface area contributed by atoms with Gasteiger partial charge in [-0.2, -0.15) is 4.40 Å². The average Bonchev–Trinajstić information content (AvgIpc) is 2.44. The second-order valence-electron chi connectivity index (χ2n) is 4.33. The molecule has 2 aromatic heterocycles. The normalized spacial score (nSPS) is 10.8. The molecule has 0 aliphatic carbocycles. The molecule has 3 nitrogen and oxygen atoms in total. The van der Waals surface area contributed by atoms with E-state index in [0.29, 0.717) is 0 Å². The summed E-state index contributed by atoms with van der Waals surface area (Å²) in [5.74, 6) is 0. The van der Waals surface area contributed by atoms with Crippen molar-refractivity contribution in [2.75, 3.05) is 14.1 Å². The van der Waals surface area contributed by atoms with E-state index in [1.807, 2.05) is 0 Å². The number of hydrogen-bond acceptors (Lipinski definition) is 1. The highest BCUT2D eigenvalue weighted by Crippen LogP contribution is 2.09. The molecule has 16 heavy (non-hydrogen) atoms. The van der Waals surface area contributed by atoms with Crippen LogP contribution in [0, 0.1) is 6.92 Å². The Labute approximate surface area is 114 Å². The van der Waals surface area contributed by atoms with Crippen molar-refractivity contribution < 1.29 is 28.5 Å². The van der Waals surface area contributed by atoms with E-state index in [0.717, 1.165) is 6.54 Å². The van der Waals surface area contributed by atoms with Crippen molar-refractivity contribution in [1.82, 2.24) is 9.30 Å². The third-order valence-electron chi connectivity index (χ3n) is 2.63. The van der Waals surface area contributed by atoms with Crippen LogP contribution in [0.2, 0.25) is 0 Å². The maximum Gasteiger partial charge on any atom is 0.286 e. The van der Waals surface area contributed by atoms with Gasteiger partial charge in [0.2, 0.25) is 0 Å². The van der Waals surface area contributed by atoms with Crippen molar-refractivity contribution in [2.24, 2.45) is 7.05 Å². The lowest BCUT2D eigenvalue weighted by atomic mass is 10.3. The molecule has 0 radical (unpaired) electrons. The summed E-state index contributed by atoms with van der Waals surface area (Å²) in [6, 6.07) is 6.39. The molecule has 0 spiro atoms. The van der Waals surface area contributed by atoms with Gasteiger partial charge in [-0.25, -0.2) is 4.57 Å². The number of fused-ring (bicyclic) bond motifs is 1. The van der Waals surface area contributed by atoms with Gasteiger partial charge in [0.05, 0.1) is 13.6 Å². The molecule has 0 unspecified atom stereocenters. The number of aryl methyl sites for hydroxylation is 2. The van der Waals surface area contributed by atoms with Crippen LogP contribution < -0.4 is 28.5 Å². The highest BCUT2D eigenvalue weighted by atomic mass is 127. The molecule has 0 fully saturated rings. The monoisotopic (exact) mass is 331 g/mol. The quantitative estimate of drug-likeness (QED) is 0.464. The van der Waals surface area contributed by atoms with Crippen LogP contribution in [0.3, 0.4) is 0 Å². The van der Waals surface area contributed by atoms with E-state index < -0.39 is 0 Å². The van der Waals surface area contributed by atoms with Gasteiger partial charge in [-0.3, -0.25) is 0 Å². The van der Waals surface area contributed by atoms with Crippen LogP contribution >= 0.6 is 0 Å². The average molecular weight is 331 g/mol. The van der Waals surface area contributed by atoms with Crippen LogP contribution in [0.5, 0.6) is 0 Å². The second kappa shape index (κ2) is 5.14. The van der Waals surface area contributed by atoms with Crippen LogP contribution in [-0.2, 0) is 13.6 Å². The fourth-order valence-corrected chi connectivity index (χ4v) is 2.04. The maximum atomic E-state index is 2.31. The zero-order chi connectivity index (χ0) is 11.0. The van der Waals surface area contributed by atoms with Crippen molar-refractivity contribution in [2.45, 2.75) is 13.5 Å². The molecular formula is C12H18IN3. The summed E-state index contributed by atoms with van der Waals surface area (Å²) in [7, 11) is 6.28. The molecule has 0 saturated heterocycles. The first-order valence-electron chi connectivity index (χ1n) is 5.20. The fourth-order valence-electron chi connectivity index (χ4n) is 2.04. The van der Waals surface area contributed by atoms with Gasteiger partial charge < -0.3 is 28.9 Å². The van der Waals surface area contributed by atoms with Crippen LogP contribution in [0.4, 0.5) is 0 Å². The highest BCUT2D eigenvalue weighted by Gasteiger charge is 2.15. The molecule has 2 aromatic rings. The summed E-state index contributed by atoms with van der Waals surface area (Å²) in [4.78, 5) is 2.19. The van der Waals surface area contributed by atoms with Crippen molar-refractivity contribution in [3.8, 4) is 0 Å². The van der Waals surface area contributed by atoms with E-state index in [2.05, 4.69) is 66.3 Å². The number of halogens is 1. The van der Waals surface area contributed by atoms with Crippen LogP contribution in [0.1, 0.15) is 11.4 Å². The Hall–Kier alpha value is -0.620. The minimum absolute atomic E-state index is 0. The number of hydrogen-bond donors (Lipinski definition) is 0. The molecule has 0 aliphatic heterocycles. The number of imidazole rings is 1. The van der Waals surface area contributed by atoms with Gasteiger partial charge in [0.25, 0.3) is 5.65 Å². The molecule has 2 rings (SSSR count). The van der Waals surface area contributed by atoms with Gasteiger partial charge in [0, 0.05) is 6.07 Å². The number of rotatable bonds is 2. The summed E-state index contributed by atoms with van der Waals surface area (Å²) >= 11 is 0. The summed E-state index contributed by atoms with van der Waals surface area (Å²) in [5.41, 5.74) is 3.85. The van der Waals surface area contributed by atoms with Gasteiger partial charge in [-0.05, 0) is 27.1 Å². The Morgan fingerprint density at radius 2 is 2.00 bits per heavy atom. The zero-order valence-corrected chi connectivity index (χ0v) is 12.4. The summed E-state index contributed by atoms with van der Waals surface area (Å²) in [6.45, 7) is 3.11. The predicted octanol–water partition coefficient (Wildman–Crippen LogP) is -1.86. The zero-order valence-electron chi connectivity index (χ0n) is 10.2. The molecule has 0 bridgehead atoms. The molecule has 0 aromatic carbocycles. The smallest absolute Gasteiger partial charge is 0.286 e. The van der Waals surface area contributed by atoms with Crippen LogP contribution in [-0.4, -0.2) is 23.4 Å². The molecule has 0 N–H and O–H groups in total. The first-order chi connectivity index (χ1) is 7.09. The molecule has 0 amide bonds. The van der Waals surface area contributed by atoms with Gasteiger partial charge in [0.1, 0.15) is 11.9 Å². The van der Waals surface area contributed by atoms with Gasteiger partial charge in [0.15, 0.2) is 5.69 Å². The Bertz CT molecular complexity index is 488. The van der Waals surface area contributed by atoms with E-state index in [1.54, 1.807) is 0 Å². The summed E-state index contributed by atoms with van der Waals surface area (Å²) < 4.78 is 4.48. The number of aromatic nitrogens is 2. The van der Waals surface area contributed by atoms with Gasteiger partial charge in [-0.1, -0.05) is 6.07 Å². The Kier molecular flexibility index (Phi) is 4.32. The fraction of sp³-hybridized carbons (Fsp3) is 0.417. The molecule has 0 saturated carbocycles. The van der Waals surface area contributed by atoms with Gasteiger partial charge >= 0.3 is 0 Å². The molecule has 0 aliphatic rings. The SMILES string of the molecule is Cc1cccc2n1c(CN(C)C)c[n+]2C.[I-]. The highest BCUT2D eigenvalue weighted by molar-refractivity contribution is 5.36. The van der Waals surface area contributed by atoms with Crippen LogP contribution in [0.15, 0.2) is 24.4 Å². The van der Waals surface area contributed by atoms with Crippen molar-refractivity contribution in [3.63, 3.8) is 0 Å². The van der Waals surface area contributed by atoms with E-state index in [1.165, 1.54) is 17.0 Å². The molecular weight excluding hydrogens is 313 g/mol. The molecule has 2 heterocycles. The van der Waals surface area contributed by atoms with Crippen molar-refractivity contribution in [3.05, 3.63) is 35.8 Å². The number of pyridine rings is 1. The van der Waals surface area contributed by atoms with Gasteiger partial charge in [-0.15, -0.1) is 0 Å². The lowest BCUT2D eigenvalue weighted by molar-refractivity contribution is -0.644. The largest absolute Gasteiger partial charge is 1.00 e. The minimum atomic E-state index is 0. The van der Waals surface area contributed by atoms with E-state index in [-0.39, 0.29) is 24.0 Å². The van der Waals surface area contributed by atoms with E-state index in [9.17, 15) is 0 Å². The van der Waals surface area contributed by atoms with Crippen molar-refractivity contribution in [1.29, 1.82) is 0 Å². The molecule has 0 atom stereocenters. The first kappa shape index (κ1) is 13.4. The lowest BCUT2D eigenvalue weighted by Crippen LogP contribution is -3.00. The Balaban J connectivity index is 0.00000128.